The molecule has 0 fully saturated rings. The molecule has 3 rings (SSSR count). The lowest BCUT2D eigenvalue weighted by Crippen LogP contribution is -2.26. The highest BCUT2D eigenvalue weighted by molar-refractivity contribution is 7.99. The molecule has 1 N–H and O–H groups in total. The lowest BCUT2D eigenvalue weighted by atomic mass is 10.3. The molecule has 1 amide bonds. The highest BCUT2D eigenvalue weighted by Crippen LogP contribution is 2.33. The fourth-order valence-electron chi connectivity index (χ4n) is 2.70. The number of nitrogens with zero attached hydrogens (tertiary/aromatic N) is 3. The summed E-state index contributed by atoms with van der Waals surface area (Å²) >= 11 is 2.85. The summed E-state index contributed by atoms with van der Waals surface area (Å²) in [5.41, 5.74) is 0.800. The summed E-state index contributed by atoms with van der Waals surface area (Å²) in [7, 11) is 2.96. The van der Waals surface area contributed by atoms with Gasteiger partial charge in [0.15, 0.2) is 11.0 Å². The maximum atomic E-state index is 12.2. The van der Waals surface area contributed by atoms with Gasteiger partial charge in [-0.05, 0) is 30.0 Å². The second-order valence-electron chi connectivity index (χ2n) is 6.11. The minimum atomic E-state index is -0.287. The van der Waals surface area contributed by atoms with E-state index < -0.39 is 0 Å². The van der Waals surface area contributed by atoms with Gasteiger partial charge in [0.2, 0.25) is 5.91 Å². The number of para-hydroxylation sites is 2. The van der Waals surface area contributed by atoms with Crippen LogP contribution in [0, 0.1) is 0 Å². The summed E-state index contributed by atoms with van der Waals surface area (Å²) in [4.78, 5) is 24.3. The molecular formula is C20H22N4O4S2. The number of benzene rings is 1. The van der Waals surface area contributed by atoms with Crippen LogP contribution in [0.15, 0.2) is 46.9 Å². The molecule has 0 aliphatic heterocycles. The Morgan fingerprint density at radius 3 is 2.73 bits per heavy atom. The number of aromatic nitrogens is 3. The minimum Gasteiger partial charge on any atom is -0.495 e. The van der Waals surface area contributed by atoms with Crippen LogP contribution in [0.1, 0.15) is 12.8 Å². The van der Waals surface area contributed by atoms with E-state index in [1.807, 2.05) is 46.3 Å². The SMILES string of the molecule is COC(=O)CCCNC(=O)CSc1nnc(-c2cccs2)n1-c1ccccc1OC. The first-order chi connectivity index (χ1) is 14.6. The van der Waals surface area contributed by atoms with Gasteiger partial charge in [-0.25, -0.2) is 0 Å². The fourth-order valence-corrected chi connectivity index (χ4v) is 4.18. The van der Waals surface area contributed by atoms with E-state index in [-0.39, 0.29) is 24.1 Å². The second-order valence-corrected chi connectivity index (χ2v) is 8.00. The minimum absolute atomic E-state index is 0.142. The fraction of sp³-hybridized carbons (Fsp3) is 0.300. The number of thioether (sulfide) groups is 1. The molecule has 0 spiro atoms. The van der Waals surface area contributed by atoms with Crippen LogP contribution in [0.2, 0.25) is 0 Å². The molecule has 0 unspecified atom stereocenters. The summed E-state index contributed by atoms with van der Waals surface area (Å²) in [6, 6.07) is 11.5. The zero-order chi connectivity index (χ0) is 21.3. The summed E-state index contributed by atoms with van der Waals surface area (Å²) < 4.78 is 12.0. The van der Waals surface area contributed by atoms with E-state index in [0.29, 0.717) is 29.7 Å². The van der Waals surface area contributed by atoms with Crippen molar-refractivity contribution in [2.45, 2.75) is 18.0 Å². The van der Waals surface area contributed by atoms with E-state index in [0.717, 1.165) is 10.6 Å². The Morgan fingerprint density at radius 1 is 1.17 bits per heavy atom. The average Bonchev–Trinajstić information content (AvgIpc) is 3.44. The van der Waals surface area contributed by atoms with Crippen LogP contribution >= 0.6 is 23.1 Å². The molecule has 0 saturated heterocycles. The van der Waals surface area contributed by atoms with E-state index in [1.165, 1.54) is 18.9 Å². The average molecular weight is 447 g/mol. The highest BCUT2D eigenvalue weighted by Gasteiger charge is 2.20. The lowest BCUT2D eigenvalue weighted by molar-refractivity contribution is -0.140. The lowest BCUT2D eigenvalue weighted by Gasteiger charge is -2.13. The molecule has 0 bridgehead atoms. The molecule has 1 aromatic carbocycles. The van der Waals surface area contributed by atoms with Gasteiger partial charge < -0.3 is 14.8 Å². The third kappa shape index (κ3) is 5.39. The van der Waals surface area contributed by atoms with Crippen molar-refractivity contribution in [1.82, 2.24) is 20.1 Å². The van der Waals surface area contributed by atoms with Crippen molar-refractivity contribution in [3.8, 4) is 22.1 Å². The Labute approximate surface area is 182 Å². The number of nitrogens with one attached hydrogen (secondary N) is 1. The number of esters is 1. The van der Waals surface area contributed by atoms with Crippen molar-refractivity contribution in [2.24, 2.45) is 0 Å². The van der Waals surface area contributed by atoms with Gasteiger partial charge in [0.1, 0.15) is 5.75 Å². The molecule has 158 valence electrons. The third-order valence-electron chi connectivity index (χ3n) is 4.14. The number of amides is 1. The van der Waals surface area contributed by atoms with Gasteiger partial charge in [-0.1, -0.05) is 30.0 Å². The van der Waals surface area contributed by atoms with Crippen LogP contribution < -0.4 is 10.1 Å². The normalized spacial score (nSPS) is 10.6. The summed E-state index contributed by atoms with van der Waals surface area (Å²) in [6.45, 7) is 0.411. The number of hydrogen-bond acceptors (Lipinski definition) is 8. The van der Waals surface area contributed by atoms with Crippen LogP contribution in [0.4, 0.5) is 0 Å². The molecule has 2 aromatic heterocycles. The summed E-state index contributed by atoms with van der Waals surface area (Å²) in [5, 5.41) is 14.0. The van der Waals surface area contributed by atoms with Crippen molar-refractivity contribution >= 4 is 35.0 Å². The Morgan fingerprint density at radius 2 is 2.00 bits per heavy atom. The van der Waals surface area contributed by atoms with Crippen LogP contribution in [0.3, 0.4) is 0 Å². The van der Waals surface area contributed by atoms with Crippen LogP contribution in [0.5, 0.6) is 5.75 Å². The molecule has 10 heteroatoms. The van der Waals surface area contributed by atoms with Gasteiger partial charge in [0, 0.05) is 13.0 Å². The molecule has 0 radical (unpaired) electrons. The molecule has 0 saturated carbocycles. The molecule has 0 aliphatic rings. The molecule has 30 heavy (non-hydrogen) atoms. The van der Waals surface area contributed by atoms with E-state index >= 15 is 0 Å². The first-order valence-corrected chi connectivity index (χ1v) is 11.1. The summed E-state index contributed by atoms with van der Waals surface area (Å²) in [5.74, 6) is 1.12. The zero-order valence-electron chi connectivity index (χ0n) is 16.7. The second kappa shape index (κ2) is 10.8. The predicted octanol–water partition coefficient (Wildman–Crippen LogP) is 3.17. The smallest absolute Gasteiger partial charge is 0.305 e. The zero-order valence-corrected chi connectivity index (χ0v) is 18.3. The van der Waals surface area contributed by atoms with E-state index in [2.05, 4.69) is 20.3 Å². The Bertz CT molecular complexity index is 989. The van der Waals surface area contributed by atoms with Crippen LogP contribution in [0.25, 0.3) is 16.4 Å². The van der Waals surface area contributed by atoms with Gasteiger partial charge in [-0.2, -0.15) is 0 Å². The molecule has 3 aromatic rings. The molecule has 0 aliphatic carbocycles. The van der Waals surface area contributed by atoms with E-state index in [9.17, 15) is 9.59 Å². The van der Waals surface area contributed by atoms with E-state index in [4.69, 9.17) is 4.74 Å². The van der Waals surface area contributed by atoms with Crippen molar-refractivity contribution in [1.29, 1.82) is 0 Å². The van der Waals surface area contributed by atoms with Gasteiger partial charge in [0.05, 0.1) is 30.5 Å². The molecule has 8 nitrogen and oxygen atoms in total. The first-order valence-electron chi connectivity index (χ1n) is 9.23. The number of carbonyl (C=O) groups excluding carboxylic acids is 2. The van der Waals surface area contributed by atoms with Gasteiger partial charge in [-0.15, -0.1) is 21.5 Å². The van der Waals surface area contributed by atoms with Gasteiger partial charge in [-0.3, -0.25) is 14.2 Å². The number of methoxy groups -OCH3 is 2. The summed E-state index contributed by atoms with van der Waals surface area (Å²) in [6.07, 6.45) is 0.805. The molecular weight excluding hydrogens is 424 g/mol. The number of thiophene rings is 1. The number of hydrogen-bond donors (Lipinski definition) is 1. The number of carbonyl (C=O) groups is 2. The standard InChI is InChI=1S/C20H22N4O4S2/c1-27-15-8-4-3-7-14(15)24-19(16-9-6-12-29-16)22-23-20(24)30-13-17(25)21-11-5-10-18(26)28-2/h3-4,6-9,12H,5,10-11,13H2,1-2H3,(H,21,25). The first kappa shape index (κ1) is 21.8. The van der Waals surface area contributed by atoms with Crippen molar-refractivity contribution in [3.05, 3.63) is 41.8 Å². The maximum Gasteiger partial charge on any atom is 0.305 e. The number of rotatable bonds is 10. The predicted molar refractivity (Wildman–Crippen MR) is 116 cm³/mol. The topological polar surface area (TPSA) is 95.3 Å². The Kier molecular flexibility index (Phi) is 7.86. The Hall–Kier alpha value is -2.85. The monoisotopic (exact) mass is 446 g/mol. The largest absolute Gasteiger partial charge is 0.495 e. The van der Waals surface area contributed by atoms with Crippen molar-refractivity contribution in [2.75, 3.05) is 26.5 Å². The highest BCUT2D eigenvalue weighted by atomic mass is 32.2. The molecule has 0 atom stereocenters. The number of ether oxygens (including phenoxy) is 2. The third-order valence-corrected chi connectivity index (χ3v) is 5.94. The van der Waals surface area contributed by atoms with Crippen LogP contribution in [-0.2, 0) is 14.3 Å². The van der Waals surface area contributed by atoms with Crippen molar-refractivity contribution < 1.29 is 19.1 Å². The van der Waals surface area contributed by atoms with Crippen LogP contribution in [-0.4, -0.2) is 53.2 Å². The van der Waals surface area contributed by atoms with Gasteiger partial charge >= 0.3 is 5.97 Å². The Balaban J connectivity index is 1.74. The maximum absolute atomic E-state index is 12.2. The molecule has 2 heterocycles. The van der Waals surface area contributed by atoms with Gasteiger partial charge in [0.25, 0.3) is 0 Å². The van der Waals surface area contributed by atoms with E-state index in [1.54, 1.807) is 18.4 Å². The quantitative estimate of drug-likeness (QED) is 0.290. The van der Waals surface area contributed by atoms with Crippen molar-refractivity contribution in [3.63, 3.8) is 0 Å².